The first kappa shape index (κ1) is 32.4. The SMILES string of the molecule is C=CCCC(=O)N[C@H](C)[C@@H](OC(=O)[C@@H]1[C@H]2C(=O)N(CCCO)[C@H](C(=O)N(CC=C)C(C)C)[C@]23CC[C@H]1O3)c1ccccc1. The number of hydrogen-bond donors (Lipinski definition) is 2. The fourth-order valence-corrected chi connectivity index (χ4v) is 6.97. The number of nitrogens with one attached hydrogen (secondary N) is 1. The predicted octanol–water partition coefficient (Wildman–Crippen LogP) is 2.92. The number of ether oxygens (including phenoxy) is 2. The van der Waals surface area contributed by atoms with Crippen LogP contribution in [0.1, 0.15) is 64.5 Å². The molecule has 2 bridgehead atoms. The summed E-state index contributed by atoms with van der Waals surface area (Å²) >= 11 is 0. The summed E-state index contributed by atoms with van der Waals surface area (Å²) in [7, 11) is 0. The lowest BCUT2D eigenvalue weighted by Gasteiger charge is -2.38. The van der Waals surface area contributed by atoms with Crippen molar-refractivity contribution in [3.63, 3.8) is 0 Å². The van der Waals surface area contributed by atoms with Crippen molar-refractivity contribution >= 4 is 23.7 Å². The molecule has 0 unspecified atom stereocenters. The minimum atomic E-state index is -1.17. The van der Waals surface area contributed by atoms with E-state index in [0.29, 0.717) is 37.8 Å². The van der Waals surface area contributed by atoms with Crippen molar-refractivity contribution in [2.24, 2.45) is 11.8 Å². The monoisotopic (exact) mass is 595 g/mol. The molecule has 3 aliphatic heterocycles. The van der Waals surface area contributed by atoms with Gasteiger partial charge in [-0.15, -0.1) is 13.2 Å². The normalized spacial score (nSPS) is 27.0. The van der Waals surface area contributed by atoms with E-state index in [0.717, 1.165) is 0 Å². The van der Waals surface area contributed by atoms with E-state index in [9.17, 15) is 24.3 Å². The average Bonchev–Trinajstić information content (AvgIpc) is 3.63. The molecule has 1 aromatic rings. The van der Waals surface area contributed by atoms with E-state index < -0.39 is 47.7 Å². The van der Waals surface area contributed by atoms with Gasteiger partial charge < -0.3 is 29.7 Å². The van der Waals surface area contributed by atoms with Gasteiger partial charge in [0.2, 0.25) is 17.7 Å². The van der Waals surface area contributed by atoms with E-state index in [1.165, 1.54) is 4.90 Å². The van der Waals surface area contributed by atoms with E-state index >= 15 is 0 Å². The Balaban J connectivity index is 1.65. The third-order valence-electron chi connectivity index (χ3n) is 8.89. The van der Waals surface area contributed by atoms with E-state index in [1.807, 2.05) is 44.2 Å². The number of likely N-dealkylation sites (tertiary alicyclic amines) is 1. The van der Waals surface area contributed by atoms with Crippen molar-refractivity contribution < 1.29 is 33.8 Å². The Bertz CT molecular complexity index is 1200. The number of esters is 1. The molecule has 3 heterocycles. The van der Waals surface area contributed by atoms with Gasteiger partial charge in [-0.1, -0.05) is 42.5 Å². The van der Waals surface area contributed by atoms with Gasteiger partial charge in [0.1, 0.15) is 17.7 Å². The predicted molar refractivity (Wildman–Crippen MR) is 160 cm³/mol. The first-order chi connectivity index (χ1) is 20.6. The van der Waals surface area contributed by atoms with Crippen LogP contribution in [-0.4, -0.2) is 88.1 Å². The Morgan fingerprint density at radius 2 is 1.93 bits per heavy atom. The van der Waals surface area contributed by atoms with Gasteiger partial charge in [0.25, 0.3) is 0 Å². The Morgan fingerprint density at radius 3 is 2.56 bits per heavy atom. The number of fused-ring (bicyclic) bond motifs is 1. The van der Waals surface area contributed by atoms with Gasteiger partial charge in [0, 0.05) is 32.2 Å². The summed E-state index contributed by atoms with van der Waals surface area (Å²) in [5.41, 5.74) is -0.461. The molecule has 234 valence electrons. The van der Waals surface area contributed by atoms with Gasteiger partial charge >= 0.3 is 5.97 Å². The number of nitrogens with zero attached hydrogens (tertiary/aromatic N) is 2. The third-order valence-corrected chi connectivity index (χ3v) is 8.89. The fraction of sp³-hybridized carbons (Fsp3) is 0.576. The number of aliphatic hydroxyl groups is 1. The molecule has 1 aromatic carbocycles. The quantitative estimate of drug-likeness (QED) is 0.236. The molecule has 3 aliphatic rings. The summed E-state index contributed by atoms with van der Waals surface area (Å²) in [6.07, 6.45) is 3.99. The van der Waals surface area contributed by atoms with Gasteiger partial charge in [-0.25, -0.2) is 0 Å². The third kappa shape index (κ3) is 6.26. The molecule has 0 radical (unpaired) electrons. The molecule has 10 heteroatoms. The van der Waals surface area contributed by atoms with Gasteiger partial charge in [-0.05, 0) is 52.0 Å². The number of benzene rings is 1. The number of hydrogen-bond acceptors (Lipinski definition) is 7. The van der Waals surface area contributed by atoms with Crippen LogP contribution < -0.4 is 5.32 Å². The van der Waals surface area contributed by atoms with Gasteiger partial charge in [0.15, 0.2) is 0 Å². The van der Waals surface area contributed by atoms with Crippen LogP contribution in [0.4, 0.5) is 0 Å². The van der Waals surface area contributed by atoms with Crippen LogP contribution in [0, 0.1) is 11.8 Å². The molecule has 3 saturated heterocycles. The minimum Gasteiger partial charge on any atom is -0.455 e. The topological polar surface area (TPSA) is 125 Å². The lowest BCUT2D eigenvalue weighted by atomic mass is 9.70. The Labute approximate surface area is 254 Å². The number of carbonyl (C=O) groups is 4. The minimum absolute atomic E-state index is 0.146. The molecular formula is C33H45N3O7. The van der Waals surface area contributed by atoms with Crippen LogP contribution in [-0.2, 0) is 28.7 Å². The van der Waals surface area contributed by atoms with Crippen LogP contribution >= 0.6 is 0 Å². The van der Waals surface area contributed by atoms with Crippen molar-refractivity contribution in [1.82, 2.24) is 15.1 Å². The number of amides is 3. The van der Waals surface area contributed by atoms with Crippen molar-refractivity contribution in [3.05, 3.63) is 61.2 Å². The standard InChI is InChI=1S/C33H45N3O7/c1-6-8-15-25(38)34-22(5)28(23-13-10-9-11-14-23)42-32(41)26-24-16-17-33(43-24)27(26)30(39)36(19-12-20-37)29(33)31(40)35(18-7-2)21(3)4/h6-7,9-11,13-14,21-22,24,26-29,37H,1-2,8,12,15-20H2,3-5H3,(H,34,38)/t22-,24-,26+,27+,28-,29-,33+/m1/s1. The Hall–Kier alpha value is -3.50. The molecule has 4 rings (SSSR count). The Kier molecular flexibility index (Phi) is 10.4. The first-order valence-corrected chi connectivity index (χ1v) is 15.3. The number of allylic oxidation sites excluding steroid dienone is 1. The Morgan fingerprint density at radius 1 is 1.21 bits per heavy atom. The summed E-state index contributed by atoms with van der Waals surface area (Å²) in [4.78, 5) is 58.0. The van der Waals surface area contributed by atoms with Crippen LogP contribution in [0.3, 0.4) is 0 Å². The average molecular weight is 596 g/mol. The molecule has 43 heavy (non-hydrogen) atoms. The largest absolute Gasteiger partial charge is 0.455 e. The molecule has 7 atom stereocenters. The fourth-order valence-electron chi connectivity index (χ4n) is 6.97. The second kappa shape index (κ2) is 13.9. The molecule has 10 nitrogen and oxygen atoms in total. The zero-order valence-electron chi connectivity index (χ0n) is 25.4. The smallest absolute Gasteiger partial charge is 0.313 e. The molecular weight excluding hydrogens is 550 g/mol. The summed E-state index contributed by atoms with van der Waals surface area (Å²) < 4.78 is 12.7. The molecule has 1 spiro atoms. The highest BCUT2D eigenvalue weighted by Gasteiger charge is 2.75. The van der Waals surface area contributed by atoms with Crippen LogP contribution in [0.25, 0.3) is 0 Å². The second-order valence-corrected chi connectivity index (χ2v) is 12.0. The van der Waals surface area contributed by atoms with Crippen molar-refractivity contribution in [2.45, 2.75) is 88.8 Å². The summed E-state index contributed by atoms with van der Waals surface area (Å²) in [6.45, 7) is 13.4. The summed E-state index contributed by atoms with van der Waals surface area (Å²) in [6, 6.07) is 7.55. The number of aliphatic hydroxyl groups excluding tert-OH is 1. The van der Waals surface area contributed by atoms with Gasteiger partial charge in [-0.3, -0.25) is 19.2 Å². The van der Waals surface area contributed by atoms with Crippen molar-refractivity contribution in [1.29, 1.82) is 0 Å². The zero-order valence-corrected chi connectivity index (χ0v) is 25.4. The van der Waals surface area contributed by atoms with E-state index in [-0.39, 0.29) is 43.3 Å². The highest BCUT2D eigenvalue weighted by atomic mass is 16.6. The lowest BCUT2D eigenvalue weighted by molar-refractivity contribution is -0.162. The number of rotatable bonds is 15. The maximum atomic E-state index is 14.1. The molecule has 0 aromatic heterocycles. The molecule has 0 saturated carbocycles. The number of carbonyl (C=O) groups excluding carboxylic acids is 4. The molecule has 3 amide bonds. The van der Waals surface area contributed by atoms with Gasteiger partial charge in [-0.2, -0.15) is 0 Å². The van der Waals surface area contributed by atoms with E-state index in [2.05, 4.69) is 18.5 Å². The van der Waals surface area contributed by atoms with E-state index in [4.69, 9.17) is 9.47 Å². The first-order valence-electron chi connectivity index (χ1n) is 15.3. The maximum Gasteiger partial charge on any atom is 0.313 e. The molecule has 0 aliphatic carbocycles. The highest BCUT2D eigenvalue weighted by Crippen LogP contribution is 2.59. The maximum absolute atomic E-state index is 14.1. The summed E-state index contributed by atoms with van der Waals surface area (Å²) in [5.74, 6) is -3.16. The van der Waals surface area contributed by atoms with Crippen molar-refractivity contribution in [2.75, 3.05) is 19.7 Å². The van der Waals surface area contributed by atoms with Crippen LogP contribution in [0.2, 0.25) is 0 Å². The summed E-state index contributed by atoms with van der Waals surface area (Å²) in [5, 5.41) is 12.5. The zero-order chi connectivity index (χ0) is 31.3. The van der Waals surface area contributed by atoms with Crippen LogP contribution in [0.15, 0.2) is 55.6 Å². The molecule has 3 fully saturated rings. The van der Waals surface area contributed by atoms with Gasteiger partial charge in [0.05, 0.1) is 24.0 Å². The van der Waals surface area contributed by atoms with Crippen LogP contribution in [0.5, 0.6) is 0 Å². The second-order valence-electron chi connectivity index (χ2n) is 12.0. The lowest BCUT2D eigenvalue weighted by Crippen LogP contribution is -2.57. The van der Waals surface area contributed by atoms with Crippen molar-refractivity contribution in [3.8, 4) is 0 Å². The van der Waals surface area contributed by atoms with E-state index in [1.54, 1.807) is 24.0 Å². The highest BCUT2D eigenvalue weighted by molar-refractivity contribution is 5.98. The molecule has 2 N–H and O–H groups in total.